The standard InChI is InChI=1S/C27H42N2OSi/c1-27(2,3)31(5,6)30-26-14-13-23-24(26)12-11-22-10-9-21(20-25(22)23)8-7-15-29-18-16-28(4)17-19-29/h9-12,20,26H,7-8,13-19H2,1-6H3. The molecule has 2 aliphatic rings. The summed E-state index contributed by atoms with van der Waals surface area (Å²) in [5.74, 6) is 0. The van der Waals surface area contributed by atoms with Crippen LogP contribution in [0.1, 0.15) is 56.4 Å². The van der Waals surface area contributed by atoms with Crippen molar-refractivity contribution in [1.29, 1.82) is 0 Å². The van der Waals surface area contributed by atoms with Crippen molar-refractivity contribution < 1.29 is 4.43 Å². The Labute approximate surface area is 190 Å². The highest BCUT2D eigenvalue weighted by Gasteiger charge is 2.40. The Bertz CT molecular complexity index is 909. The van der Waals surface area contributed by atoms with Crippen molar-refractivity contribution in [2.24, 2.45) is 0 Å². The number of benzene rings is 2. The molecule has 2 aromatic carbocycles. The molecule has 4 rings (SSSR count). The Balaban J connectivity index is 1.46. The fourth-order valence-electron chi connectivity index (χ4n) is 4.85. The van der Waals surface area contributed by atoms with Crippen molar-refractivity contribution in [2.75, 3.05) is 39.8 Å². The molecule has 1 aliphatic heterocycles. The molecule has 1 fully saturated rings. The van der Waals surface area contributed by atoms with Crippen molar-refractivity contribution in [3.8, 4) is 0 Å². The third-order valence-electron chi connectivity index (χ3n) is 8.02. The molecule has 3 nitrogen and oxygen atoms in total. The van der Waals surface area contributed by atoms with Crippen LogP contribution in [0.5, 0.6) is 0 Å². The fourth-order valence-corrected chi connectivity index (χ4v) is 6.16. The molecule has 31 heavy (non-hydrogen) atoms. The lowest BCUT2D eigenvalue weighted by atomic mass is 9.97. The summed E-state index contributed by atoms with van der Waals surface area (Å²) in [5.41, 5.74) is 4.48. The van der Waals surface area contributed by atoms with Gasteiger partial charge in [-0.3, -0.25) is 0 Å². The van der Waals surface area contributed by atoms with Gasteiger partial charge in [-0.15, -0.1) is 0 Å². The maximum absolute atomic E-state index is 6.84. The lowest BCUT2D eigenvalue weighted by molar-refractivity contribution is 0.153. The average Bonchev–Trinajstić information content (AvgIpc) is 3.11. The first-order valence-corrected chi connectivity index (χ1v) is 15.2. The second kappa shape index (κ2) is 8.97. The molecule has 1 saturated heterocycles. The Hall–Kier alpha value is -1.20. The zero-order valence-corrected chi connectivity index (χ0v) is 21.6. The molecule has 0 aromatic heterocycles. The number of likely N-dealkylation sites (N-methyl/N-ethyl adjacent to an activating group) is 1. The second-order valence-corrected chi connectivity index (χ2v) is 16.1. The van der Waals surface area contributed by atoms with Crippen LogP contribution in [0.3, 0.4) is 0 Å². The zero-order chi connectivity index (χ0) is 22.2. The quantitative estimate of drug-likeness (QED) is 0.512. The maximum Gasteiger partial charge on any atom is 0.192 e. The minimum absolute atomic E-state index is 0.254. The summed E-state index contributed by atoms with van der Waals surface area (Å²) in [6.45, 7) is 17.9. The van der Waals surface area contributed by atoms with E-state index in [0.29, 0.717) is 0 Å². The normalized spacial score (nSPS) is 21.0. The molecule has 0 amide bonds. The molecule has 0 bridgehead atoms. The van der Waals surface area contributed by atoms with Crippen LogP contribution < -0.4 is 0 Å². The summed E-state index contributed by atoms with van der Waals surface area (Å²) in [7, 11) is 0.466. The number of aryl methyl sites for hydroxylation is 2. The predicted molar refractivity (Wildman–Crippen MR) is 136 cm³/mol. The van der Waals surface area contributed by atoms with Gasteiger partial charge in [-0.25, -0.2) is 0 Å². The molecule has 2 aromatic rings. The van der Waals surface area contributed by atoms with Gasteiger partial charge in [0, 0.05) is 26.2 Å². The highest BCUT2D eigenvalue weighted by atomic mass is 28.4. The topological polar surface area (TPSA) is 15.7 Å². The summed E-state index contributed by atoms with van der Waals surface area (Å²) < 4.78 is 6.84. The SMILES string of the molecule is CN1CCN(CCCc2ccc3ccc4c(c3c2)CCC4O[Si](C)(C)C(C)(C)C)CC1. The molecular weight excluding hydrogens is 396 g/mol. The second-order valence-electron chi connectivity index (χ2n) is 11.3. The van der Waals surface area contributed by atoms with Crippen LogP contribution in [0.2, 0.25) is 18.1 Å². The molecule has 0 N–H and O–H groups in total. The van der Waals surface area contributed by atoms with Crippen molar-refractivity contribution in [3.05, 3.63) is 47.0 Å². The van der Waals surface area contributed by atoms with Gasteiger partial charge in [0.05, 0.1) is 6.10 Å². The summed E-state index contributed by atoms with van der Waals surface area (Å²) >= 11 is 0. The number of fused-ring (bicyclic) bond motifs is 3. The third-order valence-corrected chi connectivity index (χ3v) is 12.5. The first-order valence-electron chi connectivity index (χ1n) is 12.3. The van der Waals surface area contributed by atoms with E-state index in [2.05, 4.69) is 81.0 Å². The number of nitrogens with zero attached hydrogens (tertiary/aromatic N) is 2. The number of piperazine rings is 1. The first-order chi connectivity index (χ1) is 14.6. The molecule has 0 saturated carbocycles. The molecule has 1 heterocycles. The number of hydrogen-bond donors (Lipinski definition) is 0. The summed E-state index contributed by atoms with van der Waals surface area (Å²) in [6, 6.07) is 11.8. The van der Waals surface area contributed by atoms with E-state index in [9.17, 15) is 0 Å². The van der Waals surface area contributed by atoms with Crippen LogP contribution in [0.25, 0.3) is 10.8 Å². The van der Waals surface area contributed by atoms with Crippen molar-refractivity contribution >= 4 is 19.1 Å². The molecular formula is C27H42N2OSi. The maximum atomic E-state index is 6.84. The fraction of sp³-hybridized carbons (Fsp3) is 0.630. The van der Waals surface area contributed by atoms with Gasteiger partial charge in [0.1, 0.15) is 0 Å². The molecule has 1 unspecified atom stereocenters. The minimum atomic E-state index is -1.76. The van der Waals surface area contributed by atoms with E-state index in [0.717, 1.165) is 12.8 Å². The van der Waals surface area contributed by atoms with E-state index < -0.39 is 8.32 Å². The Morgan fingerprint density at radius 2 is 1.74 bits per heavy atom. The van der Waals surface area contributed by atoms with Crippen LogP contribution in [-0.2, 0) is 17.3 Å². The van der Waals surface area contributed by atoms with E-state index in [1.807, 2.05) is 0 Å². The van der Waals surface area contributed by atoms with Gasteiger partial charge in [-0.05, 0) is 84.9 Å². The van der Waals surface area contributed by atoms with Gasteiger partial charge in [-0.2, -0.15) is 0 Å². The molecule has 0 radical (unpaired) electrons. The van der Waals surface area contributed by atoms with Gasteiger partial charge in [0.15, 0.2) is 8.32 Å². The number of hydrogen-bond acceptors (Lipinski definition) is 3. The van der Waals surface area contributed by atoms with Crippen molar-refractivity contribution in [1.82, 2.24) is 9.80 Å². The Morgan fingerprint density at radius 1 is 1.03 bits per heavy atom. The predicted octanol–water partition coefficient (Wildman–Crippen LogP) is 6.03. The smallest absolute Gasteiger partial charge is 0.192 e. The highest BCUT2D eigenvalue weighted by Crippen LogP contribution is 2.45. The average molecular weight is 439 g/mol. The van der Waals surface area contributed by atoms with E-state index in [1.165, 1.54) is 67.5 Å². The molecule has 1 aliphatic carbocycles. The zero-order valence-electron chi connectivity index (χ0n) is 20.6. The molecule has 0 spiro atoms. The van der Waals surface area contributed by atoms with E-state index in [4.69, 9.17) is 4.43 Å². The molecule has 170 valence electrons. The Kier molecular flexibility index (Phi) is 6.65. The largest absolute Gasteiger partial charge is 0.410 e. The third kappa shape index (κ3) is 5.08. The Morgan fingerprint density at radius 3 is 2.45 bits per heavy atom. The van der Waals surface area contributed by atoms with E-state index >= 15 is 0 Å². The van der Waals surface area contributed by atoms with Gasteiger partial charge >= 0.3 is 0 Å². The molecule has 4 heteroatoms. The van der Waals surface area contributed by atoms with E-state index in [-0.39, 0.29) is 11.1 Å². The lowest BCUT2D eigenvalue weighted by Crippen LogP contribution is -2.44. The van der Waals surface area contributed by atoms with Gasteiger partial charge in [-0.1, -0.05) is 51.1 Å². The van der Waals surface area contributed by atoms with Gasteiger partial charge in [0.2, 0.25) is 0 Å². The van der Waals surface area contributed by atoms with Gasteiger partial charge in [0.25, 0.3) is 0 Å². The van der Waals surface area contributed by atoms with Crippen LogP contribution in [-0.4, -0.2) is 57.9 Å². The van der Waals surface area contributed by atoms with Crippen LogP contribution >= 0.6 is 0 Å². The van der Waals surface area contributed by atoms with Crippen molar-refractivity contribution in [3.63, 3.8) is 0 Å². The number of rotatable bonds is 6. The van der Waals surface area contributed by atoms with Crippen LogP contribution in [0, 0.1) is 0 Å². The van der Waals surface area contributed by atoms with Crippen molar-refractivity contribution in [2.45, 2.75) is 70.7 Å². The summed E-state index contributed by atoms with van der Waals surface area (Å²) in [6.07, 6.45) is 4.99. The first kappa shape index (κ1) is 23.0. The summed E-state index contributed by atoms with van der Waals surface area (Å²) in [5, 5.41) is 3.11. The lowest BCUT2D eigenvalue weighted by Gasteiger charge is -2.38. The monoisotopic (exact) mass is 438 g/mol. The van der Waals surface area contributed by atoms with Crippen LogP contribution in [0.4, 0.5) is 0 Å². The van der Waals surface area contributed by atoms with Gasteiger partial charge < -0.3 is 14.2 Å². The summed E-state index contributed by atoms with van der Waals surface area (Å²) in [4.78, 5) is 5.06. The minimum Gasteiger partial charge on any atom is -0.410 e. The van der Waals surface area contributed by atoms with E-state index in [1.54, 1.807) is 5.56 Å². The van der Waals surface area contributed by atoms with Crippen LogP contribution in [0.15, 0.2) is 30.3 Å². The molecule has 1 atom stereocenters. The highest BCUT2D eigenvalue weighted by molar-refractivity contribution is 6.74.